The number of carbonyl (C=O) groups is 1. The van der Waals surface area contributed by atoms with E-state index in [9.17, 15) is 4.79 Å². The number of nitrogens with one attached hydrogen (secondary N) is 1. The van der Waals surface area contributed by atoms with Crippen molar-refractivity contribution >= 4 is 17.4 Å². The first-order valence-corrected chi connectivity index (χ1v) is 6.16. The number of primary amides is 1. The Bertz CT molecular complexity index is 601. The molecule has 0 unspecified atom stereocenters. The maximum atomic E-state index is 11.1. The fraction of sp³-hybridized carbons (Fsp3) is 0.143. The van der Waals surface area contributed by atoms with Gasteiger partial charge in [-0.15, -0.1) is 0 Å². The Kier molecular flexibility index (Phi) is 4.52. The van der Waals surface area contributed by atoms with Crippen LogP contribution in [0.3, 0.4) is 0 Å². The fourth-order valence-electron chi connectivity index (χ4n) is 1.63. The van der Waals surface area contributed by atoms with E-state index in [2.05, 4.69) is 10.3 Å². The van der Waals surface area contributed by atoms with E-state index in [1.54, 1.807) is 18.2 Å². The van der Waals surface area contributed by atoms with Crippen molar-refractivity contribution in [3.8, 4) is 5.75 Å². The zero-order valence-corrected chi connectivity index (χ0v) is 10.9. The monoisotopic (exact) mass is 272 g/mol. The van der Waals surface area contributed by atoms with Gasteiger partial charge in [0.25, 0.3) is 5.91 Å². The average molecular weight is 272 g/mol. The maximum absolute atomic E-state index is 11.1. The summed E-state index contributed by atoms with van der Waals surface area (Å²) in [6.07, 6.45) is 0. The van der Waals surface area contributed by atoms with E-state index < -0.39 is 5.91 Å². The molecule has 6 nitrogen and oxygen atoms in total. The Morgan fingerprint density at radius 2 is 2.05 bits per heavy atom. The van der Waals surface area contributed by atoms with Gasteiger partial charge in [-0.05, 0) is 24.3 Å². The highest BCUT2D eigenvalue weighted by Gasteiger charge is 2.04. The Hall–Kier alpha value is -2.60. The van der Waals surface area contributed by atoms with E-state index in [1.807, 2.05) is 24.3 Å². The van der Waals surface area contributed by atoms with Crippen molar-refractivity contribution in [3.63, 3.8) is 0 Å². The molecule has 20 heavy (non-hydrogen) atoms. The van der Waals surface area contributed by atoms with Crippen LogP contribution in [-0.2, 0) is 0 Å². The molecule has 0 saturated heterocycles. The van der Waals surface area contributed by atoms with Gasteiger partial charge < -0.3 is 21.5 Å². The highest BCUT2D eigenvalue weighted by molar-refractivity contribution is 5.91. The summed E-state index contributed by atoms with van der Waals surface area (Å²) in [5.74, 6) is 0.692. The van der Waals surface area contributed by atoms with E-state index in [4.69, 9.17) is 16.2 Å². The van der Waals surface area contributed by atoms with Gasteiger partial charge in [0.15, 0.2) is 0 Å². The SMILES string of the molecule is NCCOc1cccc(Nc2cccc(C(N)=O)n2)c1. The van der Waals surface area contributed by atoms with Gasteiger partial charge in [-0.1, -0.05) is 12.1 Å². The molecule has 1 aromatic carbocycles. The van der Waals surface area contributed by atoms with E-state index in [0.29, 0.717) is 24.7 Å². The van der Waals surface area contributed by atoms with Gasteiger partial charge in [0.1, 0.15) is 23.9 Å². The lowest BCUT2D eigenvalue weighted by Gasteiger charge is -2.09. The largest absolute Gasteiger partial charge is 0.492 e. The molecular formula is C14H16N4O2. The first-order chi connectivity index (χ1) is 9.69. The second kappa shape index (κ2) is 6.53. The topological polar surface area (TPSA) is 103 Å². The third-order valence-corrected chi connectivity index (χ3v) is 2.49. The lowest BCUT2D eigenvalue weighted by molar-refractivity contribution is 0.0995. The van der Waals surface area contributed by atoms with E-state index in [0.717, 1.165) is 5.69 Å². The van der Waals surface area contributed by atoms with E-state index >= 15 is 0 Å². The van der Waals surface area contributed by atoms with Crippen molar-refractivity contribution in [1.29, 1.82) is 0 Å². The normalized spacial score (nSPS) is 10.1. The van der Waals surface area contributed by atoms with Crippen molar-refractivity contribution in [2.45, 2.75) is 0 Å². The van der Waals surface area contributed by atoms with Gasteiger partial charge in [-0.3, -0.25) is 4.79 Å². The lowest BCUT2D eigenvalue weighted by atomic mass is 10.3. The van der Waals surface area contributed by atoms with Crippen LogP contribution < -0.4 is 21.5 Å². The van der Waals surface area contributed by atoms with E-state index in [-0.39, 0.29) is 5.69 Å². The molecule has 1 aromatic heterocycles. The second-order valence-corrected chi connectivity index (χ2v) is 4.06. The van der Waals surface area contributed by atoms with Crippen molar-refractivity contribution in [2.24, 2.45) is 11.5 Å². The lowest BCUT2D eigenvalue weighted by Crippen LogP contribution is -2.13. The molecular weight excluding hydrogens is 256 g/mol. The number of pyridine rings is 1. The van der Waals surface area contributed by atoms with Gasteiger partial charge in [-0.25, -0.2) is 4.98 Å². The summed E-state index contributed by atoms with van der Waals surface area (Å²) in [5, 5.41) is 3.09. The minimum absolute atomic E-state index is 0.213. The smallest absolute Gasteiger partial charge is 0.267 e. The van der Waals surface area contributed by atoms with Crippen molar-refractivity contribution in [1.82, 2.24) is 4.98 Å². The Morgan fingerprint density at radius 1 is 1.25 bits per heavy atom. The summed E-state index contributed by atoms with van der Waals surface area (Å²) >= 11 is 0. The van der Waals surface area contributed by atoms with Gasteiger partial charge in [-0.2, -0.15) is 0 Å². The fourth-order valence-corrected chi connectivity index (χ4v) is 1.63. The number of anilines is 2. The summed E-state index contributed by atoms with van der Waals surface area (Å²) in [4.78, 5) is 15.2. The molecule has 104 valence electrons. The average Bonchev–Trinajstić information content (AvgIpc) is 2.46. The van der Waals surface area contributed by atoms with Crippen LogP contribution in [-0.4, -0.2) is 24.0 Å². The first-order valence-electron chi connectivity index (χ1n) is 6.16. The van der Waals surface area contributed by atoms with Crippen LogP contribution in [0.15, 0.2) is 42.5 Å². The molecule has 0 bridgehead atoms. The van der Waals surface area contributed by atoms with Crippen molar-refractivity contribution < 1.29 is 9.53 Å². The molecule has 1 heterocycles. The molecule has 0 atom stereocenters. The quantitative estimate of drug-likeness (QED) is 0.734. The summed E-state index contributed by atoms with van der Waals surface area (Å²) in [7, 11) is 0. The minimum atomic E-state index is -0.561. The number of hydrogen-bond donors (Lipinski definition) is 3. The number of ether oxygens (including phenoxy) is 1. The van der Waals surface area contributed by atoms with Crippen LogP contribution in [0.1, 0.15) is 10.5 Å². The highest BCUT2D eigenvalue weighted by Crippen LogP contribution is 2.20. The van der Waals surface area contributed by atoms with Crippen LogP contribution in [0.25, 0.3) is 0 Å². The number of nitrogens with zero attached hydrogens (tertiary/aromatic N) is 1. The Labute approximate surface area is 116 Å². The van der Waals surface area contributed by atoms with Crippen LogP contribution >= 0.6 is 0 Å². The standard InChI is InChI=1S/C14H16N4O2/c15-7-8-20-11-4-1-3-10(9-11)17-13-6-2-5-12(18-13)14(16)19/h1-6,9H,7-8,15H2,(H2,16,19)(H,17,18). The summed E-state index contributed by atoms with van der Waals surface area (Å²) < 4.78 is 5.44. The van der Waals surface area contributed by atoms with Crippen LogP contribution in [0, 0.1) is 0 Å². The predicted molar refractivity (Wildman–Crippen MR) is 77.0 cm³/mol. The first kappa shape index (κ1) is 13.8. The Morgan fingerprint density at radius 3 is 2.80 bits per heavy atom. The third-order valence-electron chi connectivity index (χ3n) is 2.49. The van der Waals surface area contributed by atoms with E-state index in [1.165, 1.54) is 0 Å². The molecule has 2 rings (SSSR count). The van der Waals surface area contributed by atoms with Gasteiger partial charge in [0.05, 0.1) is 0 Å². The molecule has 0 radical (unpaired) electrons. The van der Waals surface area contributed by atoms with Crippen molar-refractivity contribution in [2.75, 3.05) is 18.5 Å². The highest BCUT2D eigenvalue weighted by atomic mass is 16.5. The van der Waals surface area contributed by atoms with Gasteiger partial charge >= 0.3 is 0 Å². The molecule has 0 aliphatic carbocycles. The van der Waals surface area contributed by atoms with Crippen molar-refractivity contribution in [3.05, 3.63) is 48.2 Å². The number of nitrogens with two attached hydrogens (primary N) is 2. The number of benzene rings is 1. The summed E-state index contributed by atoms with van der Waals surface area (Å²) in [6, 6.07) is 12.4. The second-order valence-electron chi connectivity index (χ2n) is 4.06. The number of aromatic nitrogens is 1. The molecule has 0 aliphatic heterocycles. The molecule has 1 amide bonds. The summed E-state index contributed by atoms with van der Waals surface area (Å²) in [6.45, 7) is 0.915. The number of rotatable bonds is 6. The van der Waals surface area contributed by atoms with Crippen LogP contribution in [0.4, 0.5) is 11.5 Å². The minimum Gasteiger partial charge on any atom is -0.492 e. The zero-order valence-electron chi connectivity index (χ0n) is 10.9. The molecule has 0 saturated carbocycles. The van der Waals surface area contributed by atoms with Gasteiger partial charge in [0.2, 0.25) is 0 Å². The molecule has 0 spiro atoms. The maximum Gasteiger partial charge on any atom is 0.267 e. The molecule has 0 fully saturated rings. The van der Waals surface area contributed by atoms with Crippen LogP contribution in [0.5, 0.6) is 5.75 Å². The molecule has 6 heteroatoms. The zero-order chi connectivity index (χ0) is 14.4. The molecule has 0 aliphatic rings. The van der Waals surface area contributed by atoms with Crippen LogP contribution in [0.2, 0.25) is 0 Å². The number of carbonyl (C=O) groups excluding carboxylic acids is 1. The number of hydrogen-bond acceptors (Lipinski definition) is 5. The molecule has 2 aromatic rings. The number of amides is 1. The van der Waals surface area contributed by atoms with Gasteiger partial charge in [0, 0.05) is 18.3 Å². The third kappa shape index (κ3) is 3.69. The molecule has 5 N–H and O–H groups in total. The summed E-state index contributed by atoms with van der Waals surface area (Å²) in [5.41, 5.74) is 11.6. The predicted octanol–water partition coefficient (Wildman–Crippen LogP) is 1.26. The Balaban J connectivity index is 2.13.